The van der Waals surface area contributed by atoms with Gasteiger partial charge in [-0.05, 0) is 149 Å². The summed E-state index contributed by atoms with van der Waals surface area (Å²) >= 11 is 10.6. The minimum absolute atomic E-state index is 0. The third-order valence-electron chi connectivity index (χ3n) is 5.69. The van der Waals surface area contributed by atoms with Crippen molar-refractivity contribution in [1.29, 1.82) is 0 Å². The molecule has 11 heteroatoms. The molecular weight excluding hydrogens is 632 g/mol. The van der Waals surface area contributed by atoms with Gasteiger partial charge in [0.1, 0.15) is 23.0 Å². The Kier molecular flexibility index (Phi) is 18.5. The van der Waals surface area contributed by atoms with Crippen molar-refractivity contribution in [3.63, 3.8) is 0 Å². The summed E-state index contributed by atoms with van der Waals surface area (Å²) in [6, 6.07) is 30.7. The first kappa shape index (κ1) is 38.3. The zero-order valence-corrected chi connectivity index (χ0v) is 27.1. The second-order valence-corrected chi connectivity index (χ2v) is 9.80. The molecule has 234 valence electrons. The Morgan fingerprint density at radius 3 is 0.733 bits per heavy atom. The Labute approximate surface area is 320 Å². The molecular formula is C34H41KN4O4S2. The van der Waals surface area contributed by atoms with Crippen LogP contribution in [0.5, 0.6) is 23.0 Å². The van der Waals surface area contributed by atoms with Gasteiger partial charge in [-0.2, -0.15) is 0 Å². The Morgan fingerprint density at radius 2 is 0.578 bits per heavy atom. The molecule has 0 spiro atoms. The Hall–Kier alpha value is -2.90. The van der Waals surface area contributed by atoms with E-state index >= 15 is 0 Å². The fourth-order valence-corrected chi connectivity index (χ4v) is 4.26. The average Bonchev–Trinajstić information content (AvgIpc) is 3.02. The van der Waals surface area contributed by atoms with E-state index in [1.54, 1.807) is 0 Å². The summed E-state index contributed by atoms with van der Waals surface area (Å²) < 4.78 is 21.6. The van der Waals surface area contributed by atoms with Crippen molar-refractivity contribution in [1.82, 2.24) is 0 Å². The molecule has 0 amide bonds. The van der Waals surface area contributed by atoms with Gasteiger partial charge in [0.2, 0.25) is 0 Å². The zero-order chi connectivity index (χ0) is 31.6. The number of hydrogen-bond acceptors (Lipinski definition) is 6. The molecule has 4 rings (SSSR count). The molecule has 45 heavy (non-hydrogen) atoms. The molecule has 4 aromatic rings. The first-order valence-corrected chi connectivity index (χ1v) is 15.3. The van der Waals surface area contributed by atoms with Gasteiger partial charge in [0, 0.05) is 22.7 Å². The molecule has 0 saturated heterocycles. The van der Waals surface area contributed by atoms with Crippen LogP contribution in [0.3, 0.4) is 0 Å². The van der Waals surface area contributed by atoms with Crippen LogP contribution in [0.2, 0.25) is 0 Å². The molecule has 0 aliphatic carbocycles. The molecule has 0 atom stereocenters. The zero-order valence-electron chi connectivity index (χ0n) is 25.5. The second kappa shape index (κ2) is 21.8. The number of benzene rings is 4. The van der Waals surface area contributed by atoms with Gasteiger partial charge < -0.3 is 40.2 Å². The van der Waals surface area contributed by atoms with Crippen LogP contribution in [0.15, 0.2) is 97.1 Å². The second-order valence-electron chi connectivity index (χ2n) is 8.99. The van der Waals surface area contributed by atoms with E-state index in [1.807, 2.05) is 125 Å². The normalized spacial score (nSPS) is 9.69. The van der Waals surface area contributed by atoms with Crippen molar-refractivity contribution in [2.75, 3.05) is 47.7 Å². The summed E-state index contributed by atoms with van der Waals surface area (Å²) in [6.45, 7) is 10.5. The van der Waals surface area contributed by atoms with Crippen molar-refractivity contribution >= 4 is 109 Å². The van der Waals surface area contributed by atoms with Crippen molar-refractivity contribution in [2.45, 2.75) is 27.7 Å². The van der Waals surface area contributed by atoms with E-state index in [0.29, 0.717) is 36.7 Å². The number of hydrogen-bond donors (Lipinski definition) is 4. The molecule has 0 saturated carbocycles. The molecule has 4 aromatic carbocycles. The number of anilines is 4. The van der Waals surface area contributed by atoms with E-state index < -0.39 is 0 Å². The summed E-state index contributed by atoms with van der Waals surface area (Å²) in [5.74, 6) is 3.38. The van der Waals surface area contributed by atoms with E-state index in [0.717, 1.165) is 45.7 Å². The molecule has 8 nitrogen and oxygen atoms in total. The monoisotopic (exact) mass is 672 g/mol. The summed E-state index contributed by atoms with van der Waals surface area (Å²) in [6.07, 6.45) is 0. The number of ether oxygens (including phenoxy) is 4. The first-order valence-electron chi connectivity index (χ1n) is 14.5. The van der Waals surface area contributed by atoms with Crippen LogP contribution in [0.25, 0.3) is 0 Å². The van der Waals surface area contributed by atoms with Crippen molar-refractivity contribution in [3.8, 4) is 23.0 Å². The van der Waals surface area contributed by atoms with Crippen LogP contribution < -0.4 is 40.2 Å². The molecule has 0 heterocycles. The molecule has 0 aromatic heterocycles. The van der Waals surface area contributed by atoms with Crippen LogP contribution >= 0.6 is 24.4 Å². The fraction of sp³-hybridized carbons (Fsp3) is 0.235. The molecule has 0 radical (unpaired) electrons. The molecule has 0 fully saturated rings. The predicted octanol–water partition coefficient (Wildman–Crippen LogP) is 7.94. The van der Waals surface area contributed by atoms with Gasteiger partial charge in [-0.1, -0.05) is 0 Å². The number of rotatable bonds is 12. The van der Waals surface area contributed by atoms with E-state index in [4.69, 9.17) is 43.4 Å². The van der Waals surface area contributed by atoms with Crippen molar-refractivity contribution < 1.29 is 18.9 Å². The van der Waals surface area contributed by atoms with Crippen LogP contribution in [0, 0.1) is 0 Å². The molecule has 0 aliphatic heterocycles. The Morgan fingerprint density at radius 1 is 0.400 bits per heavy atom. The van der Waals surface area contributed by atoms with Crippen molar-refractivity contribution in [3.05, 3.63) is 97.1 Å². The topological polar surface area (TPSA) is 85.0 Å². The molecule has 0 unspecified atom stereocenters. The maximum atomic E-state index is 5.40. The molecule has 4 N–H and O–H groups in total. The maximum absolute atomic E-state index is 5.40. The third kappa shape index (κ3) is 14.8. The Bertz CT molecular complexity index is 1210. The third-order valence-corrected chi connectivity index (χ3v) is 6.10. The molecule has 0 aliphatic rings. The quantitative estimate of drug-likeness (QED) is 0.0880. The Balaban J connectivity index is 0.000000307. The van der Waals surface area contributed by atoms with Gasteiger partial charge in [-0.15, -0.1) is 0 Å². The van der Waals surface area contributed by atoms with Gasteiger partial charge in [-0.3, -0.25) is 0 Å². The fourth-order valence-electron chi connectivity index (χ4n) is 3.79. The standard InChI is InChI=1S/2C17H20N2O2S.K.H/c2*1-3-20-15-9-5-13(6-10-15)18-17(22)19-14-7-11-16(12-8-14)21-4-2;;/h2*5-12H,3-4H2,1-2H3,(H2,18,19,22);;. The minimum atomic E-state index is 0. The number of thiocarbonyl (C=S) groups is 2. The van der Waals surface area contributed by atoms with Gasteiger partial charge in [0.05, 0.1) is 26.4 Å². The van der Waals surface area contributed by atoms with E-state index in [9.17, 15) is 0 Å². The van der Waals surface area contributed by atoms with E-state index in [2.05, 4.69) is 21.3 Å². The van der Waals surface area contributed by atoms with E-state index in [1.165, 1.54) is 0 Å². The SMILES string of the molecule is CCOc1ccc(NC(=S)Nc2ccc(OCC)cc2)cc1.CCOc1ccc(NC(=S)Nc2ccc(OCC)cc2)cc1.[KH]. The summed E-state index contributed by atoms with van der Waals surface area (Å²) in [7, 11) is 0. The van der Waals surface area contributed by atoms with Crippen molar-refractivity contribution in [2.24, 2.45) is 0 Å². The van der Waals surface area contributed by atoms with E-state index in [-0.39, 0.29) is 51.4 Å². The summed E-state index contributed by atoms with van der Waals surface area (Å²) in [5.41, 5.74) is 3.64. The number of nitrogens with one attached hydrogen (secondary N) is 4. The van der Waals surface area contributed by atoms with Crippen LogP contribution in [-0.2, 0) is 0 Å². The van der Waals surface area contributed by atoms with Crippen LogP contribution in [-0.4, -0.2) is 88.0 Å². The molecule has 0 bridgehead atoms. The van der Waals surface area contributed by atoms with Crippen LogP contribution in [0.4, 0.5) is 22.7 Å². The van der Waals surface area contributed by atoms with Gasteiger partial charge in [-0.25, -0.2) is 0 Å². The summed E-state index contributed by atoms with van der Waals surface area (Å²) in [5, 5.41) is 13.6. The van der Waals surface area contributed by atoms with Gasteiger partial charge in [0.15, 0.2) is 10.2 Å². The first-order chi connectivity index (χ1) is 21.4. The van der Waals surface area contributed by atoms with Gasteiger partial charge in [0.25, 0.3) is 0 Å². The van der Waals surface area contributed by atoms with Gasteiger partial charge >= 0.3 is 51.4 Å². The predicted molar refractivity (Wildman–Crippen MR) is 197 cm³/mol. The van der Waals surface area contributed by atoms with Crippen LogP contribution in [0.1, 0.15) is 27.7 Å². The average molecular weight is 673 g/mol. The summed E-state index contributed by atoms with van der Waals surface area (Å²) in [4.78, 5) is 0.